The van der Waals surface area contributed by atoms with E-state index in [1.54, 1.807) is 12.4 Å². The van der Waals surface area contributed by atoms with Crippen LogP contribution in [0.25, 0.3) is 11.4 Å². The van der Waals surface area contributed by atoms with Gasteiger partial charge in [0.1, 0.15) is 5.82 Å². The van der Waals surface area contributed by atoms with Gasteiger partial charge >= 0.3 is 0 Å². The molecule has 2 aromatic heterocycles. The van der Waals surface area contributed by atoms with E-state index < -0.39 is 0 Å². The van der Waals surface area contributed by atoms with Crippen molar-refractivity contribution in [2.24, 2.45) is 0 Å². The molecule has 2 heterocycles. The zero-order valence-electron chi connectivity index (χ0n) is 9.65. The van der Waals surface area contributed by atoms with Gasteiger partial charge < -0.3 is 5.73 Å². The van der Waals surface area contributed by atoms with Crippen molar-refractivity contribution in [2.75, 3.05) is 5.73 Å². The summed E-state index contributed by atoms with van der Waals surface area (Å²) in [4.78, 5) is 12.8. The average molecular weight is 214 g/mol. The monoisotopic (exact) mass is 214 g/mol. The van der Waals surface area contributed by atoms with Crippen molar-refractivity contribution >= 4 is 5.82 Å². The minimum Gasteiger partial charge on any atom is -0.383 e. The van der Waals surface area contributed by atoms with E-state index in [1.165, 1.54) is 0 Å². The van der Waals surface area contributed by atoms with E-state index in [0.717, 1.165) is 22.4 Å². The summed E-state index contributed by atoms with van der Waals surface area (Å²) in [7, 11) is 0. The molecular formula is C12H14N4. The van der Waals surface area contributed by atoms with Crippen LogP contribution in [-0.4, -0.2) is 15.0 Å². The molecular weight excluding hydrogens is 200 g/mol. The number of nitrogen functional groups attached to an aromatic ring is 1. The number of rotatable bonds is 1. The van der Waals surface area contributed by atoms with E-state index in [1.807, 2.05) is 26.8 Å². The minimum absolute atomic E-state index is 0.540. The molecule has 2 rings (SSSR count). The summed E-state index contributed by atoms with van der Waals surface area (Å²) in [5.41, 5.74) is 9.72. The van der Waals surface area contributed by atoms with Gasteiger partial charge in [-0.1, -0.05) is 0 Å². The molecule has 0 amide bonds. The molecule has 82 valence electrons. The fourth-order valence-electron chi connectivity index (χ4n) is 1.50. The van der Waals surface area contributed by atoms with E-state index >= 15 is 0 Å². The van der Waals surface area contributed by atoms with Crippen LogP contribution in [0, 0.1) is 20.8 Å². The van der Waals surface area contributed by atoms with Crippen molar-refractivity contribution in [3.8, 4) is 11.4 Å². The third-order valence-electron chi connectivity index (χ3n) is 2.69. The summed E-state index contributed by atoms with van der Waals surface area (Å²) >= 11 is 0. The summed E-state index contributed by atoms with van der Waals surface area (Å²) in [6.07, 6.45) is 3.53. The Labute approximate surface area is 94.6 Å². The van der Waals surface area contributed by atoms with Crippen molar-refractivity contribution in [1.29, 1.82) is 0 Å². The molecule has 0 fully saturated rings. The maximum Gasteiger partial charge on any atom is 0.162 e. The molecule has 2 N–H and O–H groups in total. The summed E-state index contributed by atoms with van der Waals surface area (Å²) in [5, 5.41) is 0. The molecule has 0 aliphatic carbocycles. The Balaban J connectivity index is 2.62. The Morgan fingerprint density at radius 1 is 1.12 bits per heavy atom. The Kier molecular flexibility index (Phi) is 2.56. The molecule has 0 atom stereocenters. The lowest BCUT2D eigenvalue weighted by molar-refractivity contribution is 1.07. The van der Waals surface area contributed by atoms with Crippen molar-refractivity contribution in [2.45, 2.75) is 20.8 Å². The maximum absolute atomic E-state index is 5.84. The van der Waals surface area contributed by atoms with Gasteiger partial charge in [-0.3, -0.25) is 4.98 Å². The van der Waals surface area contributed by atoms with E-state index in [9.17, 15) is 0 Å². The topological polar surface area (TPSA) is 64.7 Å². The third-order valence-corrected chi connectivity index (χ3v) is 2.69. The number of hydrogen-bond acceptors (Lipinski definition) is 4. The lowest BCUT2D eigenvalue weighted by Crippen LogP contribution is -2.02. The van der Waals surface area contributed by atoms with Gasteiger partial charge in [-0.2, -0.15) is 0 Å². The van der Waals surface area contributed by atoms with Crippen LogP contribution in [0.5, 0.6) is 0 Å². The minimum atomic E-state index is 0.540. The highest BCUT2D eigenvalue weighted by atomic mass is 15.0. The van der Waals surface area contributed by atoms with Crippen molar-refractivity contribution in [3.05, 3.63) is 35.3 Å². The average Bonchev–Trinajstić information content (AvgIpc) is 2.26. The van der Waals surface area contributed by atoms with E-state index in [2.05, 4.69) is 15.0 Å². The second-order valence-electron chi connectivity index (χ2n) is 3.83. The van der Waals surface area contributed by atoms with Crippen LogP contribution in [0.3, 0.4) is 0 Å². The van der Waals surface area contributed by atoms with E-state index in [-0.39, 0.29) is 0 Å². The van der Waals surface area contributed by atoms with Crippen molar-refractivity contribution in [1.82, 2.24) is 15.0 Å². The molecule has 0 saturated heterocycles. The number of aryl methyl sites for hydroxylation is 2. The SMILES string of the molecule is Cc1cnccc1-c1nc(C)c(C)c(N)n1. The molecule has 2 aromatic rings. The van der Waals surface area contributed by atoms with Crippen LogP contribution in [0.4, 0.5) is 5.82 Å². The maximum atomic E-state index is 5.84. The molecule has 4 heteroatoms. The largest absolute Gasteiger partial charge is 0.383 e. The van der Waals surface area contributed by atoms with Crippen LogP contribution < -0.4 is 5.73 Å². The number of aromatic nitrogens is 3. The molecule has 0 aromatic carbocycles. The molecule has 0 aliphatic heterocycles. The lowest BCUT2D eigenvalue weighted by atomic mass is 10.1. The predicted octanol–water partition coefficient (Wildman–Crippen LogP) is 2.05. The molecule has 0 saturated carbocycles. The molecule has 4 nitrogen and oxygen atoms in total. The third kappa shape index (κ3) is 1.74. The first-order chi connectivity index (χ1) is 7.59. The standard InChI is InChI=1S/C12H14N4/c1-7-6-14-5-4-10(7)12-15-9(3)8(2)11(13)16-12/h4-6H,1-3H3,(H2,13,15,16). The molecule has 0 radical (unpaired) electrons. The van der Waals surface area contributed by atoms with Gasteiger partial charge in [0.2, 0.25) is 0 Å². The Morgan fingerprint density at radius 2 is 1.88 bits per heavy atom. The van der Waals surface area contributed by atoms with Crippen LogP contribution in [0.1, 0.15) is 16.8 Å². The normalized spacial score (nSPS) is 10.4. The Morgan fingerprint density at radius 3 is 2.50 bits per heavy atom. The summed E-state index contributed by atoms with van der Waals surface area (Å²) in [5.74, 6) is 1.21. The summed E-state index contributed by atoms with van der Waals surface area (Å²) in [6.45, 7) is 5.85. The van der Waals surface area contributed by atoms with Gasteiger partial charge in [-0.15, -0.1) is 0 Å². The number of pyridine rings is 1. The van der Waals surface area contributed by atoms with Crippen LogP contribution >= 0.6 is 0 Å². The highest BCUT2D eigenvalue weighted by molar-refractivity contribution is 5.61. The van der Waals surface area contributed by atoms with Crippen molar-refractivity contribution in [3.63, 3.8) is 0 Å². The van der Waals surface area contributed by atoms with E-state index in [0.29, 0.717) is 11.6 Å². The van der Waals surface area contributed by atoms with Crippen molar-refractivity contribution < 1.29 is 0 Å². The zero-order chi connectivity index (χ0) is 11.7. The molecule has 0 spiro atoms. The summed E-state index contributed by atoms with van der Waals surface area (Å²) < 4.78 is 0. The second kappa shape index (κ2) is 3.89. The highest BCUT2D eigenvalue weighted by Gasteiger charge is 2.08. The quantitative estimate of drug-likeness (QED) is 0.789. The van der Waals surface area contributed by atoms with E-state index in [4.69, 9.17) is 5.73 Å². The lowest BCUT2D eigenvalue weighted by Gasteiger charge is -2.08. The second-order valence-corrected chi connectivity index (χ2v) is 3.83. The van der Waals surface area contributed by atoms with Crippen LogP contribution in [0.2, 0.25) is 0 Å². The van der Waals surface area contributed by atoms with Gasteiger partial charge in [-0.05, 0) is 32.4 Å². The first kappa shape index (κ1) is 10.5. The van der Waals surface area contributed by atoms with Gasteiger partial charge in [0.05, 0.1) is 0 Å². The summed E-state index contributed by atoms with van der Waals surface area (Å²) in [6, 6.07) is 1.90. The fraction of sp³-hybridized carbons (Fsp3) is 0.250. The van der Waals surface area contributed by atoms with Gasteiger partial charge in [0.15, 0.2) is 5.82 Å². The van der Waals surface area contributed by atoms with Crippen LogP contribution in [-0.2, 0) is 0 Å². The highest BCUT2D eigenvalue weighted by Crippen LogP contribution is 2.21. The molecule has 16 heavy (non-hydrogen) atoms. The van der Waals surface area contributed by atoms with Gasteiger partial charge in [-0.25, -0.2) is 9.97 Å². The fourth-order valence-corrected chi connectivity index (χ4v) is 1.50. The zero-order valence-corrected chi connectivity index (χ0v) is 9.65. The number of nitrogens with two attached hydrogens (primary N) is 1. The Bertz CT molecular complexity index is 511. The number of anilines is 1. The van der Waals surface area contributed by atoms with Gasteiger partial charge in [0.25, 0.3) is 0 Å². The molecule has 0 bridgehead atoms. The first-order valence-electron chi connectivity index (χ1n) is 5.11. The number of nitrogens with zero attached hydrogens (tertiary/aromatic N) is 3. The van der Waals surface area contributed by atoms with Crippen LogP contribution in [0.15, 0.2) is 18.5 Å². The first-order valence-corrected chi connectivity index (χ1v) is 5.11. The molecule has 0 unspecified atom stereocenters. The number of hydrogen-bond donors (Lipinski definition) is 1. The predicted molar refractivity (Wildman–Crippen MR) is 63.9 cm³/mol. The Hall–Kier alpha value is -1.97. The van der Waals surface area contributed by atoms with Gasteiger partial charge in [0, 0.05) is 29.2 Å². The smallest absolute Gasteiger partial charge is 0.162 e. The molecule has 0 aliphatic rings.